The van der Waals surface area contributed by atoms with Crippen LogP contribution in [-0.4, -0.2) is 47.7 Å². The summed E-state index contributed by atoms with van der Waals surface area (Å²) in [6.45, 7) is 4.90. The quantitative estimate of drug-likeness (QED) is 0.799. The number of aliphatic carboxylic acids is 1. The Morgan fingerprint density at radius 1 is 1.50 bits per heavy atom. The van der Waals surface area contributed by atoms with Gasteiger partial charge in [0, 0.05) is 13.1 Å². The molecule has 0 unspecified atom stereocenters. The molecule has 2 atom stereocenters. The van der Waals surface area contributed by atoms with Crippen molar-refractivity contribution >= 4 is 11.9 Å². The molecule has 0 bridgehead atoms. The highest BCUT2D eigenvalue weighted by Gasteiger charge is 2.43. The molecule has 1 saturated carbocycles. The van der Waals surface area contributed by atoms with Gasteiger partial charge in [-0.15, -0.1) is 0 Å². The molecule has 5 nitrogen and oxygen atoms in total. The van der Waals surface area contributed by atoms with Crippen molar-refractivity contribution in [3.8, 4) is 0 Å². The number of hydrogen-bond acceptors (Lipinski definition) is 3. The fourth-order valence-electron chi connectivity index (χ4n) is 2.22. The number of carbonyl (C=O) groups is 2. The van der Waals surface area contributed by atoms with E-state index in [1.165, 1.54) is 12.8 Å². The van der Waals surface area contributed by atoms with Gasteiger partial charge in [0.25, 0.3) is 5.91 Å². The minimum absolute atomic E-state index is 0.0828. The third-order valence-electron chi connectivity index (χ3n) is 3.93. The van der Waals surface area contributed by atoms with E-state index in [4.69, 9.17) is 9.84 Å². The Bertz CT molecular complexity index is 353. The number of nitrogens with zero attached hydrogens (tertiary/aromatic N) is 1. The van der Waals surface area contributed by atoms with E-state index in [1.807, 2.05) is 0 Å². The van der Waals surface area contributed by atoms with Gasteiger partial charge >= 0.3 is 5.97 Å². The first kappa shape index (κ1) is 13.3. The van der Waals surface area contributed by atoms with Crippen LogP contribution in [0.3, 0.4) is 0 Å². The van der Waals surface area contributed by atoms with Crippen molar-refractivity contribution in [2.24, 2.45) is 11.3 Å². The van der Waals surface area contributed by atoms with Crippen LogP contribution in [0, 0.1) is 11.3 Å². The summed E-state index contributed by atoms with van der Waals surface area (Å²) in [5, 5.41) is 9.13. The highest BCUT2D eigenvalue weighted by molar-refractivity contribution is 5.83. The second-order valence-electron chi connectivity index (χ2n) is 5.79. The largest absolute Gasteiger partial charge is 0.481 e. The molecule has 18 heavy (non-hydrogen) atoms. The maximum Gasteiger partial charge on any atom is 0.311 e. The van der Waals surface area contributed by atoms with Gasteiger partial charge in [-0.1, -0.05) is 0 Å². The molecule has 1 heterocycles. The summed E-state index contributed by atoms with van der Waals surface area (Å²) in [7, 11) is 0. The number of amides is 1. The molecule has 0 aromatic rings. The molecule has 102 valence electrons. The van der Waals surface area contributed by atoms with Crippen molar-refractivity contribution in [3.63, 3.8) is 0 Å². The van der Waals surface area contributed by atoms with Gasteiger partial charge < -0.3 is 14.7 Å². The number of rotatable bonds is 5. The van der Waals surface area contributed by atoms with Gasteiger partial charge in [0.15, 0.2) is 0 Å². The van der Waals surface area contributed by atoms with Gasteiger partial charge in [0.1, 0.15) is 6.10 Å². The van der Waals surface area contributed by atoms with Crippen molar-refractivity contribution in [2.45, 2.75) is 39.2 Å². The Hall–Kier alpha value is -1.10. The molecule has 0 radical (unpaired) electrons. The van der Waals surface area contributed by atoms with Crippen LogP contribution in [0.2, 0.25) is 0 Å². The Labute approximate surface area is 107 Å². The lowest BCUT2D eigenvalue weighted by Gasteiger charge is -2.23. The standard InChI is InChI=1S/C13H21NO4/c1-9(18-7-10-3-4-10)11(15)14-6-5-13(2,8-14)12(16)17/h9-10H,3-8H2,1-2H3,(H,16,17)/t9-,13+/m1/s1. The van der Waals surface area contributed by atoms with Crippen LogP contribution in [0.4, 0.5) is 0 Å². The zero-order valence-electron chi connectivity index (χ0n) is 11.0. The number of hydrogen-bond donors (Lipinski definition) is 1. The Balaban J connectivity index is 1.83. The third-order valence-corrected chi connectivity index (χ3v) is 3.93. The average Bonchev–Trinajstić information content (AvgIpc) is 3.07. The fraction of sp³-hybridized carbons (Fsp3) is 0.846. The molecule has 1 N–H and O–H groups in total. The van der Waals surface area contributed by atoms with Gasteiger partial charge in [0.05, 0.1) is 12.0 Å². The van der Waals surface area contributed by atoms with E-state index in [0.29, 0.717) is 25.5 Å². The molecule has 1 aliphatic heterocycles. The number of likely N-dealkylation sites (tertiary alicyclic amines) is 1. The monoisotopic (exact) mass is 255 g/mol. The first-order valence-corrected chi connectivity index (χ1v) is 6.56. The second kappa shape index (κ2) is 4.88. The van der Waals surface area contributed by atoms with Crippen molar-refractivity contribution < 1.29 is 19.4 Å². The lowest BCUT2D eigenvalue weighted by Crippen LogP contribution is -2.40. The van der Waals surface area contributed by atoms with Crippen molar-refractivity contribution in [1.29, 1.82) is 0 Å². The molecular formula is C13H21NO4. The van der Waals surface area contributed by atoms with Crippen LogP contribution < -0.4 is 0 Å². The molecule has 0 aromatic carbocycles. The van der Waals surface area contributed by atoms with Gasteiger partial charge in [-0.3, -0.25) is 9.59 Å². The lowest BCUT2D eigenvalue weighted by atomic mass is 9.90. The summed E-state index contributed by atoms with van der Waals surface area (Å²) < 4.78 is 5.53. The SMILES string of the molecule is C[C@@H](OCC1CC1)C(=O)N1CC[C@](C)(C(=O)O)C1. The maximum absolute atomic E-state index is 12.1. The van der Waals surface area contributed by atoms with E-state index in [-0.39, 0.29) is 12.5 Å². The fourth-order valence-corrected chi connectivity index (χ4v) is 2.22. The van der Waals surface area contributed by atoms with Crippen LogP contribution in [0.25, 0.3) is 0 Å². The Morgan fingerprint density at radius 2 is 2.17 bits per heavy atom. The molecule has 2 fully saturated rings. The molecule has 1 amide bonds. The summed E-state index contributed by atoms with van der Waals surface area (Å²) >= 11 is 0. The van der Waals surface area contributed by atoms with Gasteiger partial charge in [-0.25, -0.2) is 0 Å². The lowest BCUT2D eigenvalue weighted by molar-refractivity contribution is -0.148. The van der Waals surface area contributed by atoms with E-state index >= 15 is 0 Å². The van der Waals surface area contributed by atoms with Crippen LogP contribution in [0.1, 0.15) is 33.1 Å². The van der Waals surface area contributed by atoms with E-state index in [1.54, 1.807) is 18.7 Å². The molecular weight excluding hydrogens is 234 g/mol. The van der Waals surface area contributed by atoms with Crippen LogP contribution in [0.5, 0.6) is 0 Å². The highest BCUT2D eigenvalue weighted by Crippen LogP contribution is 2.31. The molecule has 0 aromatic heterocycles. The number of ether oxygens (including phenoxy) is 1. The average molecular weight is 255 g/mol. The minimum atomic E-state index is -0.829. The summed E-state index contributed by atoms with van der Waals surface area (Å²) in [6, 6.07) is 0. The predicted octanol–water partition coefficient (Wildman–Crippen LogP) is 1.12. The molecule has 1 saturated heterocycles. The van der Waals surface area contributed by atoms with Crippen molar-refractivity contribution in [2.75, 3.05) is 19.7 Å². The molecule has 1 aliphatic carbocycles. The predicted molar refractivity (Wildman–Crippen MR) is 65.1 cm³/mol. The zero-order valence-corrected chi connectivity index (χ0v) is 11.0. The summed E-state index contributed by atoms with van der Waals surface area (Å²) in [5.74, 6) is -0.284. The van der Waals surface area contributed by atoms with Gasteiger partial charge in [0.2, 0.25) is 0 Å². The number of carbonyl (C=O) groups excluding carboxylic acids is 1. The third kappa shape index (κ3) is 2.83. The molecule has 0 spiro atoms. The first-order valence-electron chi connectivity index (χ1n) is 6.56. The maximum atomic E-state index is 12.1. The molecule has 5 heteroatoms. The Kier molecular flexibility index (Phi) is 3.61. The zero-order chi connectivity index (χ0) is 13.3. The Morgan fingerprint density at radius 3 is 2.67 bits per heavy atom. The van der Waals surface area contributed by atoms with E-state index < -0.39 is 17.5 Å². The summed E-state index contributed by atoms with van der Waals surface area (Å²) in [6.07, 6.45) is 2.45. The topological polar surface area (TPSA) is 66.8 Å². The van der Waals surface area contributed by atoms with Crippen molar-refractivity contribution in [3.05, 3.63) is 0 Å². The number of carboxylic acids is 1. The van der Waals surface area contributed by atoms with E-state index in [0.717, 1.165) is 0 Å². The smallest absolute Gasteiger partial charge is 0.311 e. The molecule has 2 aliphatic rings. The van der Waals surface area contributed by atoms with Crippen LogP contribution in [-0.2, 0) is 14.3 Å². The van der Waals surface area contributed by atoms with Crippen molar-refractivity contribution in [1.82, 2.24) is 4.90 Å². The number of carboxylic acid groups (broad SMARTS) is 1. The highest BCUT2D eigenvalue weighted by atomic mass is 16.5. The summed E-state index contributed by atoms with van der Waals surface area (Å²) in [5.41, 5.74) is -0.800. The van der Waals surface area contributed by atoms with Crippen LogP contribution >= 0.6 is 0 Å². The second-order valence-corrected chi connectivity index (χ2v) is 5.79. The van der Waals surface area contributed by atoms with E-state index in [9.17, 15) is 9.59 Å². The first-order chi connectivity index (χ1) is 8.42. The molecule has 2 rings (SSSR count). The van der Waals surface area contributed by atoms with Gasteiger partial charge in [-0.05, 0) is 39.0 Å². The van der Waals surface area contributed by atoms with Gasteiger partial charge in [-0.2, -0.15) is 0 Å². The van der Waals surface area contributed by atoms with E-state index in [2.05, 4.69) is 0 Å². The van der Waals surface area contributed by atoms with Crippen LogP contribution in [0.15, 0.2) is 0 Å². The normalized spacial score (nSPS) is 29.3. The minimum Gasteiger partial charge on any atom is -0.481 e. The summed E-state index contributed by atoms with van der Waals surface area (Å²) in [4.78, 5) is 24.8.